The van der Waals surface area contributed by atoms with Crippen LogP contribution in [-0.4, -0.2) is 34.9 Å². The second-order valence-corrected chi connectivity index (χ2v) is 7.43. The predicted octanol–water partition coefficient (Wildman–Crippen LogP) is 1.54. The summed E-state index contributed by atoms with van der Waals surface area (Å²) in [5.74, 6) is -0.912. The zero-order valence-electron chi connectivity index (χ0n) is 13.3. The van der Waals surface area contributed by atoms with Crippen molar-refractivity contribution in [3.8, 4) is 0 Å². The average molecular weight is 320 g/mol. The lowest BCUT2D eigenvalue weighted by Gasteiger charge is -2.22. The fourth-order valence-corrected chi connectivity index (χ4v) is 4.81. The largest absolute Gasteiger partial charge is 0.373 e. The predicted molar refractivity (Wildman–Crippen MR) is 80.7 cm³/mol. The number of imide groups is 1. The Morgan fingerprint density at radius 3 is 2.22 bits per heavy atom. The second kappa shape index (κ2) is 5.89. The Balaban J connectivity index is 1.33. The van der Waals surface area contributed by atoms with Gasteiger partial charge in [-0.15, -0.1) is 0 Å². The standard InChI is InChI=1S/C17H24N2O4/c20-13(9-6-10-4-2-1-3-5-10)18-19-16(21)14-11-7-8-12(23-11)15(14)17(19)22/h10-12,14-15H,1-9H2,(H,18,20)/t11-,12-,14-,15-/m0/s1. The Morgan fingerprint density at radius 1 is 1.00 bits per heavy atom. The molecule has 0 radical (unpaired) electrons. The molecule has 3 aliphatic heterocycles. The van der Waals surface area contributed by atoms with Crippen molar-refractivity contribution >= 4 is 17.7 Å². The number of hydrogen-bond donors (Lipinski definition) is 1. The Kier molecular flexibility index (Phi) is 3.87. The summed E-state index contributed by atoms with van der Waals surface area (Å²) in [5, 5.41) is 0.979. The third-order valence-electron chi connectivity index (χ3n) is 6.03. The van der Waals surface area contributed by atoms with Crippen molar-refractivity contribution in [1.29, 1.82) is 0 Å². The van der Waals surface area contributed by atoms with Crippen LogP contribution in [0.15, 0.2) is 0 Å². The molecule has 6 heteroatoms. The molecule has 0 spiro atoms. The highest BCUT2D eigenvalue weighted by molar-refractivity contribution is 6.07. The molecule has 3 amide bonds. The highest BCUT2D eigenvalue weighted by Gasteiger charge is 2.62. The molecule has 1 saturated carbocycles. The van der Waals surface area contributed by atoms with E-state index in [2.05, 4.69) is 5.43 Å². The lowest BCUT2D eigenvalue weighted by Crippen LogP contribution is -2.47. The molecule has 4 fully saturated rings. The molecule has 2 bridgehead atoms. The molecule has 23 heavy (non-hydrogen) atoms. The summed E-state index contributed by atoms with van der Waals surface area (Å²) in [6.45, 7) is 0. The van der Waals surface area contributed by atoms with Crippen LogP contribution >= 0.6 is 0 Å². The van der Waals surface area contributed by atoms with Gasteiger partial charge >= 0.3 is 0 Å². The van der Waals surface area contributed by atoms with Gasteiger partial charge in [0.25, 0.3) is 11.8 Å². The molecule has 1 N–H and O–H groups in total. The van der Waals surface area contributed by atoms with Gasteiger partial charge in [-0.25, -0.2) is 0 Å². The first-order valence-corrected chi connectivity index (χ1v) is 8.98. The second-order valence-electron chi connectivity index (χ2n) is 7.43. The number of nitrogens with zero attached hydrogens (tertiary/aromatic N) is 1. The number of fused-ring (bicyclic) bond motifs is 5. The molecule has 3 saturated heterocycles. The van der Waals surface area contributed by atoms with Crippen molar-refractivity contribution in [3.63, 3.8) is 0 Å². The lowest BCUT2D eigenvalue weighted by molar-refractivity contribution is -0.151. The molecule has 0 aromatic heterocycles. The van der Waals surface area contributed by atoms with Crippen LogP contribution in [0, 0.1) is 17.8 Å². The lowest BCUT2D eigenvalue weighted by atomic mass is 9.81. The maximum atomic E-state index is 12.4. The normalized spacial score (nSPS) is 36.6. The number of hydrazine groups is 1. The number of carbonyl (C=O) groups is 3. The average Bonchev–Trinajstić information content (AvgIpc) is 3.24. The van der Waals surface area contributed by atoms with Gasteiger partial charge in [0.15, 0.2) is 0 Å². The number of rotatable bonds is 4. The fourth-order valence-electron chi connectivity index (χ4n) is 4.81. The van der Waals surface area contributed by atoms with Gasteiger partial charge in [0.05, 0.1) is 24.0 Å². The molecule has 126 valence electrons. The summed E-state index contributed by atoms with van der Waals surface area (Å²) in [7, 11) is 0. The summed E-state index contributed by atoms with van der Waals surface area (Å²) in [5.41, 5.74) is 2.56. The van der Waals surface area contributed by atoms with E-state index < -0.39 is 0 Å². The van der Waals surface area contributed by atoms with Crippen LogP contribution in [0.3, 0.4) is 0 Å². The van der Waals surface area contributed by atoms with Gasteiger partial charge in [0.2, 0.25) is 5.91 Å². The monoisotopic (exact) mass is 320 g/mol. The Bertz CT molecular complexity index is 501. The molecule has 4 aliphatic rings. The van der Waals surface area contributed by atoms with Crippen LogP contribution in [0.25, 0.3) is 0 Å². The molecule has 0 aromatic rings. The van der Waals surface area contributed by atoms with Crippen LogP contribution in [-0.2, 0) is 19.1 Å². The van der Waals surface area contributed by atoms with Crippen LogP contribution in [0.1, 0.15) is 57.8 Å². The van der Waals surface area contributed by atoms with E-state index in [1.165, 1.54) is 32.1 Å². The van der Waals surface area contributed by atoms with Gasteiger partial charge in [0.1, 0.15) is 0 Å². The maximum Gasteiger partial charge on any atom is 0.254 e. The number of ether oxygens (including phenoxy) is 1. The van der Waals surface area contributed by atoms with E-state index in [9.17, 15) is 14.4 Å². The quantitative estimate of drug-likeness (QED) is 0.797. The summed E-state index contributed by atoms with van der Waals surface area (Å²) < 4.78 is 5.68. The first kappa shape index (κ1) is 15.1. The minimum Gasteiger partial charge on any atom is -0.373 e. The highest BCUT2D eigenvalue weighted by atomic mass is 16.5. The molecule has 6 nitrogen and oxygen atoms in total. The number of carbonyl (C=O) groups excluding carboxylic acids is 3. The number of amides is 3. The minimum absolute atomic E-state index is 0.134. The maximum absolute atomic E-state index is 12.4. The van der Waals surface area contributed by atoms with Crippen LogP contribution in [0.2, 0.25) is 0 Å². The van der Waals surface area contributed by atoms with Crippen molar-refractivity contribution < 1.29 is 19.1 Å². The third kappa shape index (κ3) is 2.57. The first-order chi connectivity index (χ1) is 11.1. The van der Waals surface area contributed by atoms with E-state index in [0.717, 1.165) is 24.3 Å². The summed E-state index contributed by atoms with van der Waals surface area (Å²) in [6.07, 6.45) is 8.85. The van der Waals surface area contributed by atoms with Gasteiger partial charge in [-0.2, -0.15) is 5.01 Å². The molecular weight excluding hydrogens is 296 g/mol. The Hall–Kier alpha value is -1.43. The van der Waals surface area contributed by atoms with Crippen LogP contribution < -0.4 is 5.43 Å². The molecule has 1 aliphatic carbocycles. The van der Waals surface area contributed by atoms with E-state index >= 15 is 0 Å². The van der Waals surface area contributed by atoms with Crippen molar-refractivity contribution in [3.05, 3.63) is 0 Å². The van der Waals surface area contributed by atoms with Gasteiger partial charge in [-0.1, -0.05) is 32.1 Å². The number of nitrogens with one attached hydrogen (secondary N) is 1. The summed E-state index contributed by atoms with van der Waals surface area (Å²) >= 11 is 0. The minimum atomic E-state index is -0.375. The van der Waals surface area contributed by atoms with E-state index in [-0.39, 0.29) is 41.8 Å². The molecule has 0 unspecified atom stereocenters. The third-order valence-corrected chi connectivity index (χ3v) is 6.03. The van der Waals surface area contributed by atoms with E-state index in [4.69, 9.17) is 4.74 Å². The molecule has 3 heterocycles. The van der Waals surface area contributed by atoms with E-state index in [1.54, 1.807) is 0 Å². The van der Waals surface area contributed by atoms with E-state index in [1.807, 2.05) is 0 Å². The van der Waals surface area contributed by atoms with Crippen LogP contribution in [0.5, 0.6) is 0 Å². The highest BCUT2D eigenvalue weighted by Crippen LogP contribution is 2.48. The summed E-state index contributed by atoms with van der Waals surface area (Å²) in [4.78, 5) is 37.0. The number of hydrogen-bond acceptors (Lipinski definition) is 4. The summed E-state index contributed by atoms with van der Waals surface area (Å²) in [6, 6.07) is 0. The topological polar surface area (TPSA) is 75.7 Å². The first-order valence-electron chi connectivity index (χ1n) is 8.98. The van der Waals surface area contributed by atoms with Gasteiger partial charge in [-0.05, 0) is 25.2 Å². The zero-order valence-corrected chi connectivity index (χ0v) is 13.3. The Morgan fingerprint density at radius 2 is 1.61 bits per heavy atom. The van der Waals surface area contributed by atoms with Crippen molar-refractivity contribution in [1.82, 2.24) is 10.4 Å². The Labute approximate surface area is 135 Å². The molecular formula is C17H24N2O4. The van der Waals surface area contributed by atoms with Crippen molar-refractivity contribution in [2.45, 2.75) is 70.0 Å². The smallest absolute Gasteiger partial charge is 0.254 e. The molecule has 4 atom stereocenters. The SMILES string of the molecule is O=C(CCC1CCCCC1)NN1C(=O)[C@@H]2[C@@H](C1=O)[C@@H]1CC[C@@H]2O1. The van der Waals surface area contributed by atoms with Crippen LogP contribution in [0.4, 0.5) is 0 Å². The fraction of sp³-hybridized carbons (Fsp3) is 0.824. The molecule has 4 rings (SSSR count). The van der Waals surface area contributed by atoms with Crippen molar-refractivity contribution in [2.75, 3.05) is 0 Å². The van der Waals surface area contributed by atoms with E-state index in [0.29, 0.717) is 12.3 Å². The van der Waals surface area contributed by atoms with Gasteiger partial charge in [0, 0.05) is 6.42 Å². The zero-order chi connectivity index (χ0) is 16.0. The molecule has 0 aromatic carbocycles. The van der Waals surface area contributed by atoms with Crippen molar-refractivity contribution in [2.24, 2.45) is 17.8 Å². The van der Waals surface area contributed by atoms with Gasteiger partial charge in [-0.3, -0.25) is 19.8 Å². The van der Waals surface area contributed by atoms with Gasteiger partial charge < -0.3 is 4.74 Å².